The van der Waals surface area contributed by atoms with Gasteiger partial charge in [0.2, 0.25) is 0 Å². The molecule has 1 aliphatic heterocycles. The highest BCUT2D eigenvalue weighted by Gasteiger charge is 2.19. The van der Waals surface area contributed by atoms with Crippen molar-refractivity contribution < 1.29 is 9.53 Å². The first-order chi connectivity index (χ1) is 9.22. The van der Waals surface area contributed by atoms with Gasteiger partial charge in [0.1, 0.15) is 0 Å². The maximum Gasteiger partial charge on any atom is 0.274 e. The molecule has 0 aliphatic carbocycles. The summed E-state index contributed by atoms with van der Waals surface area (Å²) < 4.78 is 5.56. The van der Waals surface area contributed by atoms with Crippen LogP contribution >= 0.6 is 0 Å². The summed E-state index contributed by atoms with van der Waals surface area (Å²) in [6, 6.07) is 0. The Labute approximate surface area is 113 Å². The lowest BCUT2D eigenvalue weighted by atomic mass is 10.1. The number of carbonyl (C=O) groups is 1. The van der Waals surface area contributed by atoms with Crippen LogP contribution < -0.4 is 11.1 Å². The molecule has 1 amide bonds. The Hall–Kier alpha value is -1.56. The summed E-state index contributed by atoms with van der Waals surface area (Å²) in [5, 5.41) is 9.66. The van der Waals surface area contributed by atoms with E-state index < -0.39 is 0 Å². The van der Waals surface area contributed by atoms with Crippen LogP contribution in [0.15, 0.2) is 0 Å². The number of hydrogen-bond donors (Lipinski definition) is 3. The third-order valence-electron chi connectivity index (χ3n) is 3.36. The van der Waals surface area contributed by atoms with Crippen molar-refractivity contribution in [1.82, 2.24) is 15.5 Å². The van der Waals surface area contributed by atoms with Crippen LogP contribution in [0.3, 0.4) is 0 Å². The van der Waals surface area contributed by atoms with Crippen molar-refractivity contribution in [3.63, 3.8) is 0 Å². The lowest BCUT2D eigenvalue weighted by Gasteiger charge is -2.22. The Bertz CT molecular complexity index is 424. The molecule has 1 aromatic heterocycles. The van der Waals surface area contributed by atoms with Crippen molar-refractivity contribution >= 4 is 11.6 Å². The zero-order valence-electron chi connectivity index (χ0n) is 11.4. The summed E-state index contributed by atoms with van der Waals surface area (Å²) in [5.41, 5.74) is 7.50. The van der Waals surface area contributed by atoms with Crippen molar-refractivity contribution in [1.29, 1.82) is 0 Å². The number of nitrogens with two attached hydrogens (primary N) is 1. The smallest absolute Gasteiger partial charge is 0.274 e. The Balaban J connectivity index is 1.88. The molecule has 1 saturated heterocycles. The molecule has 1 aliphatic rings. The van der Waals surface area contributed by atoms with E-state index >= 15 is 0 Å². The highest BCUT2D eigenvalue weighted by molar-refractivity contribution is 5.97. The summed E-state index contributed by atoms with van der Waals surface area (Å²) in [4.78, 5) is 12.0. The summed E-state index contributed by atoms with van der Waals surface area (Å²) in [5.74, 6) is -0.231. The first-order valence-corrected chi connectivity index (χ1v) is 6.95. The summed E-state index contributed by atoms with van der Waals surface area (Å²) in [6.45, 7) is 3.36. The first-order valence-electron chi connectivity index (χ1n) is 6.95. The molecule has 6 nitrogen and oxygen atoms in total. The quantitative estimate of drug-likeness (QED) is 0.747. The zero-order valence-corrected chi connectivity index (χ0v) is 11.4. The van der Waals surface area contributed by atoms with Gasteiger partial charge in [0.05, 0.1) is 17.5 Å². The number of nitrogens with one attached hydrogen (secondary N) is 2. The van der Waals surface area contributed by atoms with Crippen LogP contribution in [0.2, 0.25) is 0 Å². The third-order valence-corrected chi connectivity index (χ3v) is 3.36. The molecule has 4 N–H and O–H groups in total. The molecule has 19 heavy (non-hydrogen) atoms. The van der Waals surface area contributed by atoms with Crippen LogP contribution in [0.4, 0.5) is 5.69 Å². The largest absolute Gasteiger partial charge is 0.395 e. The van der Waals surface area contributed by atoms with Crippen molar-refractivity contribution in [2.45, 2.75) is 45.1 Å². The van der Waals surface area contributed by atoms with Gasteiger partial charge in [-0.05, 0) is 25.7 Å². The second-order valence-corrected chi connectivity index (χ2v) is 4.91. The molecule has 0 aromatic carbocycles. The van der Waals surface area contributed by atoms with E-state index in [1.807, 2.05) is 0 Å². The van der Waals surface area contributed by atoms with Crippen molar-refractivity contribution in [3.05, 3.63) is 11.4 Å². The van der Waals surface area contributed by atoms with Gasteiger partial charge in [-0.3, -0.25) is 9.89 Å². The van der Waals surface area contributed by atoms with Crippen LogP contribution in [0.1, 0.15) is 48.8 Å². The topological polar surface area (TPSA) is 93.0 Å². The van der Waals surface area contributed by atoms with Gasteiger partial charge in [-0.25, -0.2) is 0 Å². The molecule has 1 fully saturated rings. The predicted molar refractivity (Wildman–Crippen MR) is 72.9 cm³/mol. The lowest BCUT2D eigenvalue weighted by Crippen LogP contribution is -2.35. The number of anilines is 1. The molecule has 1 aromatic rings. The molecular weight excluding hydrogens is 244 g/mol. The van der Waals surface area contributed by atoms with Gasteiger partial charge in [-0.2, -0.15) is 5.10 Å². The van der Waals surface area contributed by atoms with Gasteiger partial charge in [0.25, 0.3) is 5.91 Å². The van der Waals surface area contributed by atoms with Crippen LogP contribution in [-0.2, 0) is 11.2 Å². The van der Waals surface area contributed by atoms with E-state index in [2.05, 4.69) is 22.4 Å². The second-order valence-electron chi connectivity index (χ2n) is 4.91. The number of nitrogens with zero attached hydrogens (tertiary/aromatic N) is 1. The SMILES string of the molecule is CCCc1[nH]nc(C(=O)NCC2CCCCO2)c1N. The minimum atomic E-state index is -0.231. The van der Waals surface area contributed by atoms with Gasteiger partial charge in [0, 0.05) is 13.2 Å². The summed E-state index contributed by atoms with van der Waals surface area (Å²) >= 11 is 0. The van der Waals surface area contributed by atoms with Crippen molar-refractivity contribution in [2.75, 3.05) is 18.9 Å². The highest BCUT2D eigenvalue weighted by atomic mass is 16.5. The predicted octanol–water partition coefficient (Wildman–Crippen LogP) is 1.24. The molecule has 2 rings (SSSR count). The number of ether oxygens (including phenoxy) is 1. The standard InChI is InChI=1S/C13H22N4O2/c1-2-5-10-11(14)12(17-16-10)13(18)15-8-9-6-3-4-7-19-9/h9H,2-8,14H2,1H3,(H,15,18)(H,16,17). The van der Waals surface area contributed by atoms with E-state index in [9.17, 15) is 4.79 Å². The normalized spacial score (nSPS) is 19.3. The van der Waals surface area contributed by atoms with Gasteiger partial charge in [0.15, 0.2) is 5.69 Å². The number of carbonyl (C=O) groups excluding carboxylic acids is 1. The third kappa shape index (κ3) is 3.47. The molecule has 106 valence electrons. The fourth-order valence-corrected chi connectivity index (χ4v) is 2.26. The number of aromatic nitrogens is 2. The molecule has 2 heterocycles. The monoisotopic (exact) mass is 266 g/mol. The van der Waals surface area contributed by atoms with Gasteiger partial charge in [-0.1, -0.05) is 13.3 Å². The van der Waals surface area contributed by atoms with Gasteiger partial charge >= 0.3 is 0 Å². The van der Waals surface area contributed by atoms with Crippen LogP contribution in [0, 0.1) is 0 Å². The van der Waals surface area contributed by atoms with Crippen molar-refractivity contribution in [3.8, 4) is 0 Å². The molecule has 6 heteroatoms. The minimum absolute atomic E-state index is 0.118. The first kappa shape index (κ1) is 13.9. The molecule has 0 radical (unpaired) electrons. The average molecular weight is 266 g/mol. The summed E-state index contributed by atoms with van der Waals surface area (Å²) in [7, 11) is 0. The lowest BCUT2D eigenvalue weighted by molar-refractivity contribution is 0.0168. The van der Waals surface area contributed by atoms with E-state index in [0.717, 1.165) is 44.4 Å². The molecule has 0 saturated carbocycles. The van der Waals surface area contributed by atoms with Crippen LogP contribution in [0.5, 0.6) is 0 Å². The van der Waals surface area contributed by atoms with E-state index in [1.54, 1.807) is 0 Å². The van der Waals surface area contributed by atoms with Crippen molar-refractivity contribution in [2.24, 2.45) is 0 Å². The van der Waals surface area contributed by atoms with E-state index in [1.165, 1.54) is 0 Å². The van der Waals surface area contributed by atoms with Gasteiger partial charge in [-0.15, -0.1) is 0 Å². The molecule has 0 bridgehead atoms. The molecule has 1 atom stereocenters. The Kier molecular flexibility index (Phi) is 4.79. The van der Waals surface area contributed by atoms with E-state index in [4.69, 9.17) is 10.5 Å². The number of nitrogen functional groups attached to an aromatic ring is 1. The second kappa shape index (κ2) is 6.56. The van der Waals surface area contributed by atoms with E-state index in [-0.39, 0.29) is 12.0 Å². The molecular formula is C13H22N4O2. The highest BCUT2D eigenvalue weighted by Crippen LogP contribution is 2.16. The number of rotatable bonds is 5. The Morgan fingerprint density at radius 1 is 1.58 bits per heavy atom. The maximum absolute atomic E-state index is 12.0. The minimum Gasteiger partial charge on any atom is -0.395 e. The van der Waals surface area contributed by atoms with Crippen LogP contribution in [-0.4, -0.2) is 35.4 Å². The Morgan fingerprint density at radius 2 is 2.42 bits per heavy atom. The fourth-order valence-electron chi connectivity index (χ4n) is 2.26. The van der Waals surface area contributed by atoms with Gasteiger partial charge < -0.3 is 15.8 Å². The molecule has 1 unspecified atom stereocenters. The fraction of sp³-hybridized carbons (Fsp3) is 0.692. The average Bonchev–Trinajstić information content (AvgIpc) is 2.79. The number of aromatic amines is 1. The number of aryl methyl sites for hydroxylation is 1. The maximum atomic E-state index is 12.0. The van der Waals surface area contributed by atoms with E-state index in [0.29, 0.717) is 17.9 Å². The zero-order chi connectivity index (χ0) is 13.7. The Morgan fingerprint density at radius 3 is 3.11 bits per heavy atom. The summed E-state index contributed by atoms with van der Waals surface area (Å²) in [6.07, 6.45) is 5.15. The van der Waals surface area contributed by atoms with Crippen LogP contribution in [0.25, 0.3) is 0 Å². The molecule has 0 spiro atoms. The number of hydrogen-bond acceptors (Lipinski definition) is 4. The number of H-pyrrole nitrogens is 1. The number of amides is 1.